The van der Waals surface area contributed by atoms with Crippen LogP contribution in [-0.2, 0) is 26.2 Å². The van der Waals surface area contributed by atoms with Crippen LogP contribution in [0.5, 0.6) is 0 Å². The molecule has 0 saturated heterocycles. The predicted octanol–water partition coefficient (Wildman–Crippen LogP) is 2.44. The maximum Gasteiger partial charge on any atom is 0.340 e. The molecule has 0 atom stereocenters. The van der Waals surface area contributed by atoms with Crippen LogP contribution in [0, 0.1) is 0 Å². The summed E-state index contributed by atoms with van der Waals surface area (Å²) in [6, 6.07) is 13.6. The van der Waals surface area contributed by atoms with Crippen molar-refractivity contribution < 1.29 is 22.7 Å². The number of aromatic nitrogens is 4. The van der Waals surface area contributed by atoms with Gasteiger partial charge in [0.2, 0.25) is 11.9 Å². The van der Waals surface area contributed by atoms with Crippen LogP contribution in [0.15, 0.2) is 58.4 Å². The molecule has 1 N–H and O–H groups in total. The molecule has 158 valence electrons. The molecule has 0 saturated carbocycles. The molecule has 0 unspecified atom stereocenters. The number of nitrogens with zero attached hydrogens (tertiary/aromatic N) is 4. The minimum absolute atomic E-state index is 0.0401. The van der Waals surface area contributed by atoms with Gasteiger partial charge in [-0.3, -0.25) is 10.1 Å². The Morgan fingerprint density at radius 3 is 2.58 bits per heavy atom. The number of imidazole rings is 1. The molecule has 4 rings (SSSR count). The first-order valence-electron chi connectivity index (χ1n) is 8.90. The quantitative estimate of drug-likeness (QED) is 0.437. The minimum Gasteiger partial charge on any atom is -0.457 e. The Labute approximate surface area is 180 Å². The molecule has 10 nitrogen and oxygen atoms in total. The molecular formula is C19H15N5O5S2. The molecule has 2 aromatic heterocycles. The van der Waals surface area contributed by atoms with Gasteiger partial charge in [-0.1, -0.05) is 47.7 Å². The molecule has 0 aliphatic carbocycles. The van der Waals surface area contributed by atoms with E-state index in [0.717, 1.165) is 20.9 Å². The molecule has 0 spiro atoms. The van der Waals surface area contributed by atoms with Crippen LogP contribution in [0.4, 0.5) is 5.95 Å². The maximum atomic E-state index is 13.1. The molecule has 12 heteroatoms. The zero-order chi connectivity index (χ0) is 22.0. The van der Waals surface area contributed by atoms with Gasteiger partial charge in [0.1, 0.15) is 17.6 Å². The van der Waals surface area contributed by atoms with Crippen LogP contribution in [0.2, 0.25) is 0 Å². The van der Waals surface area contributed by atoms with Gasteiger partial charge in [0.05, 0.1) is 11.1 Å². The number of hydrogen-bond acceptors (Lipinski definition) is 9. The van der Waals surface area contributed by atoms with Gasteiger partial charge >= 0.3 is 5.97 Å². The molecule has 1 amide bonds. The van der Waals surface area contributed by atoms with Gasteiger partial charge in [0.15, 0.2) is 0 Å². The number of esters is 1. The van der Waals surface area contributed by atoms with E-state index in [4.69, 9.17) is 4.74 Å². The number of carbonyl (C=O) groups is 2. The number of benzene rings is 2. The molecule has 0 aliphatic heterocycles. The summed E-state index contributed by atoms with van der Waals surface area (Å²) >= 11 is 0.817. The summed E-state index contributed by atoms with van der Waals surface area (Å²) < 4.78 is 32.2. The van der Waals surface area contributed by atoms with Crippen LogP contribution >= 0.6 is 11.3 Å². The van der Waals surface area contributed by atoms with Crippen LogP contribution < -0.4 is 5.32 Å². The smallest absolute Gasteiger partial charge is 0.340 e. The van der Waals surface area contributed by atoms with Gasteiger partial charge in [-0.05, 0) is 17.7 Å². The molecule has 31 heavy (non-hydrogen) atoms. The van der Waals surface area contributed by atoms with Gasteiger partial charge in [0, 0.05) is 6.92 Å². The first kappa shape index (κ1) is 20.6. The van der Waals surface area contributed by atoms with E-state index in [2.05, 4.69) is 20.5 Å². The number of carbonyl (C=O) groups excluding carboxylic acids is 2. The highest BCUT2D eigenvalue weighted by Gasteiger charge is 2.29. The molecule has 0 bridgehead atoms. The van der Waals surface area contributed by atoms with Gasteiger partial charge in [0.25, 0.3) is 14.4 Å². The molecule has 0 radical (unpaired) electrons. The standard InChI is InChI=1S/C19H15N5O5S2/c1-12(25)21-18-22-16-14(17(26)29-10-13-6-3-2-4-7-13)8-5-9-15(16)24(18)31(27,28)19-23-20-11-30-19/h2-9,11H,10H2,1H3,(H,21,22,25). The van der Waals surface area contributed by atoms with Crippen molar-refractivity contribution in [1.29, 1.82) is 0 Å². The normalized spacial score (nSPS) is 11.4. The lowest BCUT2D eigenvalue weighted by Crippen LogP contribution is -2.18. The van der Waals surface area contributed by atoms with Crippen molar-refractivity contribution >= 4 is 50.2 Å². The first-order chi connectivity index (χ1) is 14.9. The summed E-state index contributed by atoms with van der Waals surface area (Å²) in [5.41, 5.74) is 2.29. The highest BCUT2D eigenvalue weighted by atomic mass is 32.2. The lowest BCUT2D eigenvalue weighted by molar-refractivity contribution is -0.114. The average Bonchev–Trinajstić information content (AvgIpc) is 3.40. The van der Waals surface area contributed by atoms with E-state index in [0.29, 0.717) is 0 Å². The number of para-hydroxylation sites is 1. The number of rotatable bonds is 6. The zero-order valence-corrected chi connectivity index (χ0v) is 17.7. The molecule has 0 aliphatic rings. The number of nitrogens with one attached hydrogen (secondary N) is 1. The van der Waals surface area contributed by atoms with E-state index >= 15 is 0 Å². The van der Waals surface area contributed by atoms with Crippen molar-refractivity contribution in [2.75, 3.05) is 5.32 Å². The van der Waals surface area contributed by atoms with E-state index in [-0.39, 0.29) is 33.5 Å². The Morgan fingerprint density at radius 2 is 1.90 bits per heavy atom. The molecule has 0 fully saturated rings. The van der Waals surface area contributed by atoms with E-state index in [1.165, 1.54) is 30.6 Å². The summed E-state index contributed by atoms with van der Waals surface area (Å²) in [6.45, 7) is 1.26. The first-order valence-corrected chi connectivity index (χ1v) is 11.2. The number of hydrogen-bond donors (Lipinski definition) is 1. The summed E-state index contributed by atoms with van der Waals surface area (Å²) in [5, 5.41) is 9.57. The lowest BCUT2D eigenvalue weighted by atomic mass is 10.2. The number of fused-ring (bicyclic) bond motifs is 1. The Morgan fingerprint density at radius 1 is 1.13 bits per heavy atom. The van der Waals surface area contributed by atoms with Crippen molar-refractivity contribution in [3.8, 4) is 0 Å². The van der Waals surface area contributed by atoms with Gasteiger partial charge in [-0.2, -0.15) is 12.4 Å². The Bertz CT molecular complexity index is 1370. The van der Waals surface area contributed by atoms with E-state index in [9.17, 15) is 18.0 Å². The SMILES string of the molecule is CC(=O)Nc1nc2c(C(=O)OCc3ccccc3)cccc2n1S(=O)(=O)c1nncs1. The fraction of sp³-hybridized carbons (Fsp3) is 0.105. The third-order valence-corrected chi connectivity index (χ3v) is 6.94. The second-order valence-corrected chi connectivity index (χ2v) is 9.12. The van der Waals surface area contributed by atoms with Crippen molar-refractivity contribution in [2.24, 2.45) is 0 Å². The van der Waals surface area contributed by atoms with Gasteiger partial charge in [-0.15, -0.1) is 10.2 Å². The Hall–Kier alpha value is -3.64. The Kier molecular flexibility index (Phi) is 5.48. The predicted molar refractivity (Wildman–Crippen MR) is 112 cm³/mol. The number of anilines is 1. The third-order valence-electron chi connectivity index (χ3n) is 4.17. The van der Waals surface area contributed by atoms with Crippen LogP contribution in [0.25, 0.3) is 11.0 Å². The monoisotopic (exact) mass is 457 g/mol. The maximum absolute atomic E-state index is 13.1. The summed E-state index contributed by atoms with van der Waals surface area (Å²) in [6.07, 6.45) is 0. The van der Waals surface area contributed by atoms with Crippen molar-refractivity contribution in [1.82, 2.24) is 19.2 Å². The largest absolute Gasteiger partial charge is 0.457 e. The van der Waals surface area contributed by atoms with E-state index in [1.807, 2.05) is 30.3 Å². The molecule has 2 aromatic carbocycles. The summed E-state index contributed by atoms with van der Waals surface area (Å²) in [4.78, 5) is 28.6. The number of amides is 1. The minimum atomic E-state index is -4.22. The highest BCUT2D eigenvalue weighted by molar-refractivity contribution is 7.92. The average molecular weight is 457 g/mol. The fourth-order valence-electron chi connectivity index (χ4n) is 2.88. The second-order valence-electron chi connectivity index (χ2n) is 6.33. The topological polar surface area (TPSA) is 133 Å². The third kappa shape index (κ3) is 4.02. The van der Waals surface area contributed by atoms with E-state index < -0.39 is 21.9 Å². The van der Waals surface area contributed by atoms with Crippen molar-refractivity contribution in [2.45, 2.75) is 17.9 Å². The molecule has 4 aromatic rings. The van der Waals surface area contributed by atoms with Gasteiger partial charge < -0.3 is 4.74 Å². The number of ether oxygens (including phenoxy) is 1. The zero-order valence-electron chi connectivity index (χ0n) is 16.0. The van der Waals surface area contributed by atoms with Crippen LogP contribution in [-0.4, -0.2) is 39.4 Å². The van der Waals surface area contributed by atoms with Crippen LogP contribution in [0.1, 0.15) is 22.8 Å². The van der Waals surface area contributed by atoms with Crippen molar-refractivity contribution in [3.05, 3.63) is 65.2 Å². The van der Waals surface area contributed by atoms with Gasteiger partial charge in [-0.25, -0.2) is 9.78 Å². The molecule has 2 heterocycles. The summed E-state index contributed by atoms with van der Waals surface area (Å²) in [7, 11) is -4.22. The highest BCUT2D eigenvalue weighted by Crippen LogP contribution is 2.29. The fourth-order valence-corrected chi connectivity index (χ4v) is 5.02. The Balaban J connectivity index is 1.80. The second kappa shape index (κ2) is 8.24. The molecular weight excluding hydrogens is 442 g/mol. The van der Waals surface area contributed by atoms with Crippen LogP contribution in [0.3, 0.4) is 0 Å². The van der Waals surface area contributed by atoms with Crippen molar-refractivity contribution in [3.63, 3.8) is 0 Å². The lowest BCUT2D eigenvalue weighted by Gasteiger charge is -2.08. The van der Waals surface area contributed by atoms with E-state index in [1.54, 1.807) is 0 Å². The summed E-state index contributed by atoms with van der Waals surface area (Å²) in [5.74, 6) is -1.47.